The van der Waals surface area contributed by atoms with Crippen LogP contribution in [0.25, 0.3) is 0 Å². The van der Waals surface area contributed by atoms with Crippen LogP contribution >= 0.6 is 11.8 Å². The Morgan fingerprint density at radius 3 is 2.64 bits per heavy atom. The summed E-state index contributed by atoms with van der Waals surface area (Å²) in [6.45, 7) is 0. The summed E-state index contributed by atoms with van der Waals surface area (Å²) in [5.74, 6) is -0.350. The standard InChI is InChI=1S/C4H6N4O2S/c1-7-4(11-2)5-3(6-7)8(9)10/h1-2H3. The zero-order chi connectivity index (χ0) is 8.43. The number of aryl methyl sites for hydroxylation is 1. The molecule has 7 heteroatoms. The van der Waals surface area contributed by atoms with Gasteiger partial charge in [-0.3, -0.25) is 0 Å². The number of thioether (sulfide) groups is 1. The third-order valence-corrected chi connectivity index (χ3v) is 1.78. The summed E-state index contributed by atoms with van der Waals surface area (Å²) >= 11 is 1.32. The van der Waals surface area contributed by atoms with E-state index in [1.54, 1.807) is 13.3 Å². The maximum Gasteiger partial charge on any atom is 0.492 e. The first kappa shape index (κ1) is 7.99. The monoisotopic (exact) mass is 174 g/mol. The molecule has 1 aromatic rings. The molecule has 0 unspecified atom stereocenters. The van der Waals surface area contributed by atoms with Crippen LogP contribution in [0.4, 0.5) is 5.95 Å². The molecular formula is C4H6N4O2S. The fourth-order valence-corrected chi connectivity index (χ4v) is 1.09. The Morgan fingerprint density at radius 2 is 2.36 bits per heavy atom. The Labute approximate surface area is 66.8 Å². The molecule has 0 radical (unpaired) electrons. The second kappa shape index (κ2) is 2.87. The van der Waals surface area contributed by atoms with Gasteiger partial charge in [0, 0.05) is 12.1 Å². The molecule has 0 saturated heterocycles. The average Bonchev–Trinajstić information content (AvgIpc) is 2.31. The Kier molecular flexibility index (Phi) is 2.08. The summed E-state index contributed by atoms with van der Waals surface area (Å²) in [6.07, 6.45) is 1.79. The molecule has 0 aliphatic rings. The van der Waals surface area contributed by atoms with E-state index in [2.05, 4.69) is 10.1 Å². The number of hydrogen-bond donors (Lipinski definition) is 0. The highest BCUT2D eigenvalue weighted by Crippen LogP contribution is 2.13. The molecule has 60 valence electrons. The van der Waals surface area contributed by atoms with Crippen LogP contribution in [-0.2, 0) is 7.05 Å². The van der Waals surface area contributed by atoms with Gasteiger partial charge in [0.05, 0.1) is 0 Å². The van der Waals surface area contributed by atoms with E-state index >= 15 is 0 Å². The predicted molar refractivity (Wildman–Crippen MR) is 39.4 cm³/mol. The highest BCUT2D eigenvalue weighted by molar-refractivity contribution is 7.98. The van der Waals surface area contributed by atoms with Gasteiger partial charge in [-0.1, -0.05) is 11.8 Å². The van der Waals surface area contributed by atoms with Crippen LogP contribution in [-0.4, -0.2) is 25.9 Å². The summed E-state index contributed by atoms with van der Waals surface area (Å²) in [6, 6.07) is 0. The molecule has 0 aliphatic heterocycles. The van der Waals surface area contributed by atoms with Gasteiger partial charge in [0.15, 0.2) is 0 Å². The Balaban J connectivity index is 3.05. The Hall–Kier alpha value is -1.11. The van der Waals surface area contributed by atoms with Gasteiger partial charge < -0.3 is 10.1 Å². The van der Waals surface area contributed by atoms with Crippen molar-refractivity contribution in [2.45, 2.75) is 5.16 Å². The lowest BCUT2D eigenvalue weighted by Crippen LogP contribution is -1.93. The Morgan fingerprint density at radius 1 is 1.73 bits per heavy atom. The van der Waals surface area contributed by atoms with E-state index in [4.69, 9.17) is 0 Å². The third kappa shape index (κ3) is 1.48. The molecule has 1 aromatic heterocycles. The molecule has 0 saturated carbocycles. The topological polar surface area (TPSA) is 73.8 Å². The molecule has 0 aromatic carbocycles. The van der Waals surface area contributed by atoms with Gasteiger partial charge in [-0.15, -0.1) is 0 Å². The second-order valence-corrected chi connectivity index (χ2v) is 2.55. The molecule has 0 fully saturated rings. The van der Waals surface area contributed by atoms with Gasteiger partial charge in [-0.25, -0.2) is 0 Å². The van der Waals surface area contributed by atoms with Crippen molar-refractivity contribution in [3.8, 4) is 0 Å². The van der Waals surface area contributed by atoms with Crippen molar-refractivity contribution in [3.05, 3.63) is 10.1 Å². The molecule has 0 bridgehead atoms. The fourth-order valence-electron chi connectivity index (χ4n) is 0.612. The fraction of sp³-hybridized carbons (Fsp3) is 0.500. The third-order valence-electron chi connectivity index (χ3n) is 1.06. The van der Waals surface area contributed by atoms with Crippen molar-refractivity contribution in [2.24, 2.45) is 7.05 Å². The number of hydrogen-bond acceptors (Lipinski definition) is 5. The van der Waals surface area contributed by atoms with E-state index < -0.39 is 4.92 Å². The molecular weight excluding hydrogens is 168 g/mol. The van der Waals surface area contributed by atoms with Crippen LogP contribution in [0.15, 0.2) is 5.16 Å². The van der Waals surface area contributed by atoms with Gasteiger partial charge in [0.1, 0.15) is 0 Å². The molecule has 1 rings (SSSR count). The molecule has 1 heterocycles. The molecule has 11 heavy (non-hydrogen) atoms. The Bertz CT molecular complexity index is 284. The van der Waals surface area contributed by atoms with E-state index in [-0.39, 0.29) is 5.95 Å². The number of aromatic nitrogens is 3. The zero-order valence-electron chi connectivity index (χ0n) is 6.01. The minimum Gasteiger partial charge on any atom is -0.390 e. The maximum absolute atomic E-state index is 10.1. The van der Waals surface area contributed by atoms with Crippen molar-refractivity contribution < 1.29 is 4.92 Å². The first-order chi connectivity index (χ1) is 5.15. The van der Waals surface area contributed by atoms with Gasteiger partial charge in [0.25, 0.3) is 5.16 Å². The SMILES string of the molecule is CSc1nc([N+](=O)[O-])nn1C. The molecule has 0 amide bonds. The van der Waals surface area contributed by atoms with Gasteiger partial charge >= 0.3 is 5.95 Å². The lowest BCUT2D eigenvalue weighted by molar-refractivity contribution is -0.394. The largest absolute Gasteiger partial charge is 0.492 e. The van der Waals surface area contributed by atoms with Crippen LogP contribution in [0.2, 0.25) is 0 Å². The first-order valence-corrected chi connectivity index (χ1v) is 3.97. The quantitative estimate of drug-likeness (QED) is 0.369. The summed E-state index contributed by atoms with van der Waals surface area (Å²) in [5, 5.41) is 14.2. The van der Waals surface area contributed by atoms with Crippen molar-refractivity contribution in [1.29, 1.82) is 0 Å². The van der Waals surface area contributed by atoms with Crippen molar-refractivity contribution in [2.75, 3.05) is 6.26 Å². The van der Waals surface area contributed by atoms with Crippen LogP contribution < -0.4 is 0 Å². The van der Waals surface area contributed by atoms with E-state index in [0.29, 0.717) is 5.16 Å². The predicted octanol–water partition coefficient (Wildman–Crippen LogP) is 0.445. The van der Waals surface area contributed by atoms with Crippen molar-refractivity contribution in [3.63, 3.8) is 0 Å². The number of nitro groups is 1. The average molecular weight is 174 g/mol. The molecule has 0 N–H and O–H groups in total. The summed E-state index contributed by atoms with van der Waals surface area (Å²) in [4.78, 5) is 13.2. The lowest BCUT2D eigenvalue weighted by atomic mass is 11.1. The van der Waals surface area contributed by atoms with Crippen LogP contribution in [0.3, 0.4) is 0 Å². The molecule has 0 aliphatic carbocycles. The lowest BCUT2D eigenvalue weighted by Gasteiger charge is -1.82. The maximum atomic E-state index is 10.1. The highest BCUT2D eigenvalue weighted by Gasteiger charge is 2.17. The number of nitrogens with zero attached hydrogens (tertiary/aromatic N) is 4. The normalized spacial score (nSPS) is 10.0. The van der Waals surface area contributed by atoms with Gasteiger partial charge in [-0.2, -0.15) is 4.68 Å². The zero-order valence-corrected chi connectivity index (χ0v) is 6.83. The highest BCUT2D eigenvalue weighted by atomic mass is 32.2. The smallest absolute Gasteiger partial charge is 0.390 e. The second-order valence-electron chi connectivity index (χ2n) is 1.78. The van der Waals surface area contributed by atoms with Crippen molar-refractivity contribution in [1.82, 2.24) is 14.8 Å². The first-order valence-electron chi connectivity index (χ1n) is 2.74. The summed E-state index contributed by atoms with van der Waals surface area (Å²) < 4.78 is 1.38. The minimum atomic E-state index is -0.611. The summed E-state index contributed by atoms with van der Waals surface area (Å²) in [5.41, 5.74) is 0. The van der Waals surface area contributed by atoms with E-state index in [9.17, 15) is 10.1 Å². The van der Waals surface area contributed by atoms with Crippen LogP contribution in [0, 0.1) is 10.1 Å². The number of rotatable bonds is 2. The summed E-state index contributed by atoms with van der Waals surface area (Å²) in [7, 11) is 1.62. The molecule has 6 nitrogen and oxygen atoms in total. The van der Waals surface area contributed by atoms with Crippen molar-refractivity contribution >= 4 is 17.7 Å². The van der Waals surface area contributed by atoms with Crippen LogP contribution in [0.1, 0.15) is 0 Å². The molecule has 0 spiro atoms. The van der Waals surface area contributed by atoms with Gasteiger partial charge in [0.2, 0.25) is 0 Å². The van der Waals surface area contributed by atoms with E-state index in [1.807, 2.05) is 0 Å². The van der Waals surface area contributed by atoms with E-state index in [0.717, 1.165) is 0 Å². The van der Waals surface area contributed by atoms with E-state index in [1.165, 1.54) is 16.4 Å². The molecule has 0 atom stereocenters. The van der Waals surface area contributed by atoms with Crippen LogP contribution in [0.5, 0.6) is 0 Å². The van der Waals surface area contributed by atoms with Gasteiger partial charge in [-0.05, 0) is 16.2 Å². The minimum absolute atomic E-state index is 0.350.